The molecule has 0 unspecified atom stereocenters. The molecule has 0 bridgehead atoms. The van der Waals surface area contributed by atoms with E-state index in [2.05, 4.69) is 35.6 Å². The Labute approximate surface area is 140 Å². The van der Waals surface area contributed by atoms with E-state index >= 15 is 0 Å². The van der Waals surface area contributed by atoms with Gasteiger partial charge in [0.1, 0.15) is 0 Å². The molecule has 23 heavy (non-hydrogen) atoms. The van der Waals surface area contributed by atoms with Gasteiger partial charge in [-0.15, -0.1) is 0 Å². The lowest BCUT2D eigenvalue weighted by Crippen LogP contribution is -2.39. The third-order valence-corrected chi connectivity index (χ3v) is 6.45. The van der Waals surface area contributed by atoms with Gasteiger partial charge in [-0.05, 0) is 61.8 Å². The average molecular weight is 311 g/mol. The molecule has 0 aliphatic heterocycles. The van der Waals surface area contributed by atoms with Gasteiger partial charge in [-0.25, -0.2) is 0 Å². The van der Waals surface area contributed by atoms with Gasteiger partial charge in [-0.2, -0.15) is 0 Å². The van der Waals surface area contributed by atoms with Crippen molar-refractivity contribution in [2.75, 3.05) is 6.54 Å². The van der Waals surface area contributed by atoms with Gasteiger partial charge in [0.2, 0.25) is 5.91 Å². The minimum Gasteiger partial charge on any atom is -0.355 e. The predicted octanol–water partition coefficient (Wildman–Crippen LogP) is 4.44. The van der Waals surface area contributed by atoms with Gasteiger partial charge in [0, 0.05) is 18.4 Å². The molecule has 0 aromatic heterocycles. The summed E-state index contributed by atoms with van der Waals surface area (Å²) in [5.41, 5.74) is 1.60. The lowest BCUT2D eigenvalue weighted by molar-refractivity contribution is -0.122. The normalized spacial score (nSPS) is 23.2. The van der Waals surface area contributed by atoms with E-state index in [4.69, 9.17) is 0 Å². The fourth-order valence-electron chi connectivity index (χ4n) is 4.73. The SMILES string of the molecule is O=C(CC(C1CC1)C1CC1)NCC1(c2ccccc2)CCCC1. The number of carbonyl (C=O) groups is 1. The molecule has 0 saturated heterocycles. The van der Waals surface area contributed by atoms with Gasteiger partial charge in [-0.1, -0.05) is 43.2 Å². The van der Waals surface area contributed by atoms with Crippen LogP contribution in [0.25, 0.3) is 0 Å². The van der Waals surface area contributed by atoms with Crippen molar-refractivity contribution in [1.82, 2.24) is 5.32 Å². The molecule has 1 aromatic rings. The van der Waals surface area contributed by atoms with Crippen LogP contribution in [0.3, 0.4) is 0 Å². The summed E-state index contributed by atoms with van der Waals surface area (Å²) in [5.74, 6) is 2.72. The van der Waals surface area contributed by atoms with Crippen molar-refractivity contribution in [1.29, 1.82) is 0 Å². The highest BCUT2D eigenvalue weighted by molar-refractivity contribution is 5.76. The van der Waals surface area contributed by atoms with Crippen molar-refractivity contribution in [3.05, 3.63) is 35.9 Å². The van der Waals surface area contributed by atoms with Gasteiger partial charge in [-0.3, -0.25) is 4.79 Å². The minimum absolute atomic E-state index is 0.186. The number of hydrogen-bond acceptors (Lipinski definition) is 1. The van der Waals surface area contributed by atoms with E-state index in [0.29, 0.717) is 11.8 Å². The summed E-state index contributed by atoms with van der Waals surface area (Å²) in [6.07, 6.45) is 11.2. The molecular formula is C21H29NO. The first kappa shape index (κ1) is 15.2. The predicted molar refractivity (Wildman–Crippen MR) is 93.2 cm³/mol. The Bertz CT molecular complexity index is 526. The Hall–Kier alpha value is -1.31. The molecular weight excluding hydrogens is 282 g/mol. The van der Waals surface area contributed by atoms with Crippen LogP contribution in [0, 0.1) is 17.8 Å². The topological polar surface area (TPSA) is 29.1 Å². The monoisotopic (exact) mass is 311 g/mol. The number of nitrogens with one attached hydrogen (secondary N) is 1. The maximum absolute atomic E-state index is 12.5. The Morgan fingerprint density at radius 2 is 1.65 bits per heavy atom. The van der Waals surface area contributed by atoms with E-state index in [1.165, 1.54) is 56.9 Å². The summed E-state index contributed by atoms with van der Waals surface area (Å²) in [7, 11) is 0. The second kappa shape index (κ2) is 6.30. The smallest absolute Gasteiger partial charge is 0.220 e. The zero-order valence-electron chi connectivity index (χ0n) is 14.1. The van der Waals surface area contributed by atoms with Crippen molar-refractivity contribution >= 4 is 5.91 Å². The van der Waals surface area contributed by atoms with E-state index in [1.54, 1.807) is 0 Å². The van der Waals surface area contributed by atoms with Crippen LogP contribution in [0.2, 0.25) is 0 Å². The molecule has 3 fully saturated rings. The summed E-state index contributed by atoms with van der Waals surface area (Å²) in [6.45, 7) is 0.831. The summed E-state index contributed by atoms with van der Waals surface area (Å²) in [4.78, 5) is 12.5. The van der Waals surface area contributed by atoms with Crippen molar-refractivity contribution in [3.63, 3.8) is 0 Å². The van der Waals surface area contributed by atoms with Crippen molar-refractivity contribution < 1.29 is 4.79 Å². The van der Waals surface area contributed by atoms with Crippen LogP contribution in [0.1, 0.15) is 63.4 Å². The minimum atomic E-state index is 0.186. The van der Waals surface area contributed by atoms with Crippen LogP contribution < -0.4 is 5.32 Å². The van der Waals surface area contributed by atoms with E-state index in [0.717, 1.165) is 24.8 Å². The molecule has 124 valence electrons. The van der Waals surface area contributed by atoms with E-state index in [1.807, 2.05) is 0 Å². The molecule has 2 heteroatoms. The van der Waals surface area contributed by atoms with Gasteiger partial charge in [0.05, 0.1) is 0 Å². The largest absolute Gasteiger partial charge is 0.355 e. The quantitative estimate of drug-likeness (QED) is 0.792. The van der Waals surface area contributed by atoms with Gasteiger partial charge in [0.25, 0.3) is 0 Å². The maximum atomic E-state index is 12.5. The lowest BCUT2D eigenvalue weighted by Gasteiger charge is -2.30. The van der Waals surface area contributed by atoms with E-state index in [9.17, 15) is 4.79 Å². The fraction of sp³-hybridized carbons (Fsp3) is 0.667. The summed E-state index contributed by atoms with van der Waals surface area (Å²) >= 11 is 0. The molecule has 0 radical (unpaired) electrons. The number of hydrogen-bond donors (Lipinski definition) is 1. The van der Waals surface area contributed by atoms with Crippen LogP contribution in [0.5, 0.6) is 0 Å². The first-order valence-corrected chi connectivity index (χ1v) is 9.59. The number of amides is 1. The number of carbonyl (C=O) groups excluding carboxylic acids is 1. The molecule has 2 nitrogen and oxygen atoms in total. The average Bonchev–Trinajstić information content (AvgIpc) is 3.51. The molecule has 1 aromatic carbocycles. The Balaban J connectivity index is 1.37. The molecule has 0 atom stereocenters. The Morgan fingerprint density at radius 3 is 2.22 bits per heavy atom. The number of rotatable bonds is 7. The van der Waals surface area contributed by atoms with Crippen LogP contribution in [-0.4, -0.2) is 12.5 Å². The second-order valence-electron chi connectivity index (χ2n) is 8.17. The molecule has 3 aliphatic carbocycles. The zero-order chi connectivity index (χ0) is 15.7. The van der Waals surface area contributed by atoms with Crippen LogP contribution in [0.4, 0.5) is 0 Å². The highest BCUT2D eigenvalue weighted by Crippen LogP contribution is 2.50. The summed E-state index contributed by atoms with van der Waals surface area (Å²) < 4.78 is 0. The molecule has 3 saturated carbocycles. The third kappa shape index (κ3) is 3.46. The molecule has 0 heterocycles. The van der Waals surface area contributed by atoms with E-state index < -0.39 is 0 Å². The van der Waals surface area contributed by atoms with Crippen LogP contribution >= 0.6 is 0 Å². The third-order valence-electron chi connectivity index (χ3n) is 6.45. The highest BCUT2D eigenvalue weighted by atomic mass is 16.1. The summed E-state index contributed by atoms with van der Waals surface area (Å²) in [5, 5.41) is 3.32. The molecule has 3 aliphatic rings. The van der Waals surface area contributed by atoms with Gasteiger partial charge in [0.15, 0.2) is 0 Å². The molecule has 1 N–H and O–H groups in total. The molecule has 0 spiro atoms. The van der Waals surface area contributed by atoms with Gasteiger partial charge >= 0.3 is 0 Å². The second-order valence-corrected chi connectivity index (χ2v) is 8.17. The highest BCUT2D eigenvalue weighted by Gasteiger charge is 2.42. The Kier molecular flexibility index (Phi) is 4.17. The fourth-order valence-corrected chi connectivity index (χ4v) is 4.73. The van der Waals surface area contributed by atoms with Crippen LogP contribution in [-0.2, 0) is 10.2 Å². The molecule has 1 amide bonds. The molecule has 4 rings (SSSR count). The van der Waals surface area contributed by atoms with E-state index in [-0.39, 0.29) is 5.41 Å². The van der Waals surface area contributed by atoms with Gasteiger partial charge < -0.3 is 5.32 Å². The number of benzene rings is 1. The standard InChI is InChI=1S/C21H29NO/c23-20(14-19(16-8-9-16)17-10-11-17)22-15-21(12-4-5-13-21)18-6-2-1-3-7-18/h1-3,6-7,16-17,19H,4-5,8-15H2,(H,22,23). The summed E-state index contributed by atoms with van der Waals surface area (Å²) in [6, 6.07) is 10.8. The Morgan fingerprint density at radius 1 is 1.04 bits per heavy atom. The van der Waals surface area contributed by atoms with Crippen LogP contribution in [0.15, 0.2) is 30.3 Å². The lowest BCUT2D eigenvalue weighted by atomic mass is 9.78. The first-order chi connectivity index (χ1) is 11.3. The maximum Gasteiger partial charge on any atom is 0.220 e. The van der Waals surface area contributed by atoms with Crippen molar-refractivity contribution in [2.45, 2.75) is 63.2 Å². The van der Waals surface area contributed by atoms with Crippen molar-refractivity contribution in [2.24, 2.45) is 17.8 Å². The first-order valence-electron chi connectivity index (χ1n) is 9.59. The zero-order valence-corrected chi connectivity index (χ0v) is 14.1. The van der Waals surface area contributed by atoms with Crippen molar-refractivity contribution in [3.8, 4) is 0 Å².